The molecule has 0 radical (unpaired) electrons. The van der Waals surface area contributed by atoms with E-state index in [2.05, 4.69) is 5.32 Å². The average molecular weight is 246 g/mol. The molecule has 0 spiro atoms. The van der Waals surface area contributed by atoms with Crippen LogP contribution in [0.5, 0.6) is 0 Å². The van der Waals surface area contributed by atoms with Crippen molar-refractivity contribution in [1.82, 2.24) is 5.32 Å². The normalized spacial score (nSPS) is 12.2. The van der Waals surface area contributed by atoms with Crippen LogP contribution >= 0.6 is 23.2 Å². The van der Waals surface area contributed by atoms with E-state index in [0.29, 0.717) is 16.5 Å². The molecule has 0 aliphatic carbocycles. The van der Waals surface area contributed by atoms with Crippen molar-refractivity contribution in [2.45, 2.75) is 19.4 Å². The SMILES string of the molecule is CC(CCCl)NC(=O)c1ccccc1Cl. The lowest BCUT2D eigenvalue weighted by Gasteiger charge is -2.12. The Kier molecular flexibility index (Phi) is 4.92. The summed E-state index contributed by atoms with van der Waals surface area (Å²) in [6.07, 6.45) is 0.748. The molecule has 82 valence electrons. The molecule has 0 heterocycles. The highest BCUT2D eigenvalue weighted by molar-refractivity contribution is 6.33. The van der Waals surface area contributed by atoms with Crippen molar-refractivity contribution in [2.75, 3.05) is 5.88 Å². The van der Waals surface area contributed by atoms with Gasteiger partial charge in [0, 0.05) is 11.9 Å². The predicted octanol–water partition coefficient (Wildman–Crippen LogP) is 3.09. The maximum atomic E-state index is 11.7. The molecular formula is C11H13Cl2NO. The lowest BCUT2D eigenvalue weighted by molar-refractivity contribution is 0.0939. The molecule has 1 aromatic carbocycles. The second kappa shape index (κ2) is 5.99. The van der Waals surface area contributed by atoms with Crippen LogP contribution in [0, 0.1) is 0 Å². The maximum absolute atomic E-state index is 11.7. The summed E-state index contributed by atoms with van der Waals surface area (Å²) in [5, 5.41) is 3.30. The van der Waals surface area contributed by atoms with Crippen molar-refractivity contribution < 1.29 is 4.79 Å². The Morgan fingerprint density at radius 3 is 2.73 bits per heavy atom. The van der Waals surface area contributed by atoms with Crippen molar-refractivity contribution in [1.29, 1.82) is 0 Å². The molecule has 0 aromatic heterocycles. The van der Waals surface area contributed by atoms with E-state index in [0.717, 1.165) is 6.42 Å². The third-order valence-corrected chi connectivity index (χ3v) is 2.59. The van der Waals surface area contributed by atoms with Gasteiger partial charge in [-0.1, -0.05) is 23.7 Å². The first-order valence-electron chi connectivity index (χ1n) is 4.76. The van der Waals surface area contributed by atoms with Crippen LogP contribution in [0.1, 0.15) is 23.7 Å². The smallest absolute Gasteiger partial charge is 0.252 e. The number of alkyl halides is 1. The molecule has 0 aliphatic heterocycles. The number of rotatable bonds is 4. The van der Waals surface area contributed by atoms with Gasteiger partial charge in [-0.2, -0.15) is 0 Å². The van der Waals surface area contributed by atoms with Gasteiger partial charge >= 0.3 is 0 Å². The maximum Gasteiger partial charge on any atom is 0.252 e. The van der Waals surface area contributed by atoms with Gasteiger partial charge in [0.15, 0.2) is 0 Å². The molecule has 1 N–H and O–H groups in total. The van der Waals surface area contributed by atoms with Crippen molar-refractivity contribution in [2.24, 2.45) is 0 Å². The van der Waals surface area contributed by atoms with Gasteiger partial charge in [0.2, 0.25) is 0 Å². The van der Waals surface area contributed by atoms with Crippen LogP contribution in [0.2, 0.25) is 5.02 Å². The molecule has 1 aromatic rings. The monoisotopic (exact) mass is 245 g/mol. The van der Waals surface area contributed by atoms with Gasteiger partial charge in [0.05, 0.1) is 10.6 Å². The zero-order valence-electron chi connectivity index (χ0n) is 8.47. The van der Waals surface area contributed by atoms with E-state index in [4.69, 9.17) is 23.2 Å². The Morgan fingerprint density at radius 2 is 2.13 bits per heavy atom. The first-order chi connectivity index (χ1) is 7.15. The van der Waals surface area contributed by atoms with Crippen LogP contribution in [0.4, 0.5) is 0 Å². The van der Waals surface area contributed by atoms with E-state index in [1.807, 2.05) is 6.92 Å². The van der Waals surface area contributed by atoms with Gasteiger partial charge in [0.1, 0.15) is 0 Å². The van der Waals surface area contributed by atoms with Crippen molar-refractivity contribution in [3.05, 3.63) is 34.9 Å². The summed E-state index contributed by atoms with van der Waals surface area (Å²) in [6.45, 7) is 1.91. The number of carbonyl (C=O) groups excluding carboxylic acids is 1. The van der Waals surface area contributed by atoms with E-state index >= 15 is 0 Å². The van der Waals surface area contributed by atoms with Gasteiger partial charge < -0.3 is 5.32 Å². The Labute approximate surface area is 99.6 Å². The van der Waals surface area contributed by atoms with E-state index in [1.54, 1.807) is 24.3 Å². The van der Waals surface area contributed by atoms with Gasteiger partial charge in [-0.15, -0.1) is 11.6 Å². The quantitative estimate of drug-likeness (QED) is 0.812. The third kappa shape index (κ3) is 3.73. The Balaban J connectivity index is 2.65. The summed E-state index contributed by atoms with van der Waals surface area (Å²) in [4.78, 5) is 11.7. The lowest BCUT2D eigenvalue weighted by atomic mass is 10.2. The van der Waals surface area contributed by atoms with Gasteiger partial charge in [-0.05, 0) is 25.5 Å². The fourth-order valence-electron chi connectivity index (χ4n) is 1.18. The summed E-state index contributed by atoms with van der Waals surface area (Å²) >= 11 is 11.5. The fourth-order valence-corrected chi connectivity index (χ4v) is 1.73. The van der Waals surface area contributed by atoms with Gasteiger partial charge in [-0.3, -0.25) is 4.79 Å². The molecular weight excluding hydrogens is 233 g/mol. The Morgan fingerprint density at radius 1 is 1.47 bits per heavy atom. The molecule has 15 heavy (non-hydrogen) atoms. The van der Waals surface area contributed by atoms with E-state index in [9.17, 15) is 4.79 Å². The second-order valence-electron chi connectivity index (χ2n) is 3.33. The molecule has 0 aliphatic rings. The summed E-state index contributed by atoms with van der Waals surface area (Å²) in [7, 11) is 0. The van der Waals surface area contributed by atoms with E-state index in [1.165, 1.54) is 0 Å². The molecule has 0 bridgehead atoms. The standard InChI is InChI=1S/C11H13Cl2NO/c1-8(6-7-12)14-11(15)9-4-2-3-5-10(9)13/h2-5,8H,6-7H2,1H3,(H,14,15). The number of hydrogen-bond donors (Lipinski definition) is 1. The summed E-state index contributed by atoms with van der Waals surface area (Å²) in [5.41, 5.74) is 0.501. The van der Waals surface area contributed by atoms with Crippen molar-refractivity contribution in [3.63, 3.8) is 0 Å². The van der Waals surface area contributed by atoms with E-state index < -0.39 is 0 Å². The highest BCUT2D eigenvalue weighted by Crippen LogP contribution is 2.14. The number of benzene rings is 1. The predicted molar refractivity (Wildman–Crippen MR) is 63.7 cm³/mol. The topological polar surface area (TPSA) is 29.1 Å². The number of hydrogen-bond acceptors (Lipinski definition) is 1. The minimum absolute atomic E-state index is 0.0614. The number of halogens is 2. The summed E-state index contributed by atoms with van der Waals surface area (Å²) in [5.74, 6) is 0.377. The zero-order valence-corrected chi connectivity index (χ0v) is 9.98. The van der Waals surface area contributed by atoms with Crippen LogP contribution in [-0.2, 0) is 0 Å². The largest absolute Gasteiger partial charge is 0.349 e. The van der Waals surface area contributed by atoms with Crippen LogP contribution < -0.4 is 5.32 Å². The Hall–Kier alpha value is -0.730. The third-order valence-electron chi connectivity index (χ3n) is 2.04. The zero-order chi connectivity index (χ0) is 11.3. The van der Waals surface area contributed by atoms with Crippen LogP contribution in [0.25, 0.3) is 0 Å². The van der Waals surface area contributed by atoms with Crippen LogP contribution in [0.15, 0.2) is 24.3 Å². The fraction of sp³-hybridized carbons (Fsp3) is 0.364. The Bertz CT molecular complexity index is 341. The molecule has 0 saturated heterocycles. The number of amides is 1. The van der Waals surface area contributed by atoms with Crippen molar-refractivity contribution >= 4 is 29.1 Å². The molecule has 1 rings (SSSR count). The molecule has 1 atom stereocenters. The highest BCUT2D eigenvalue weighted by atomic mass is 35.5. The molecule has 0 fully saturated rings. The molecule has 0 saturated carbocycles. The molecule has 4 heteroatoms. The minimum atomic E-state index is -0.154. The highest BCUT2D eigenvalue weighted by Gasteiger charge is 2.11. The van der Waals surface area contributed by atoms with Crippen LogP contribution in [0.3, 0.4) is 0 Å². The number of nitrogens with one attached hydrogen (secondary N) is 1. The second-order valence-corrected chi connectivity index (χ2v) is 4.12. The molecule has 1 unspecified atom stereocenters. The van der Waals surface area contributed by atoms with Crippen molar-refractivity contribution in [3.8, 4) is 0 Å². The molecule has 2 nitrogen and oxygen atoms in total. The molecule has 1 amide bonds. The first kappa shape index (κ1) is 12.3. The average Bonchev–Trinajstić information content (AvgIpc) is 2.18. The van der Waals surface area contributed by atoms with E-state index in [-0.39, 0.29) is 11.9 Å². The minimum Gasteiger partial charge on any atom is -0.349 e. The first-order valence-corrected chi connectivity index (χ1v) is 5.67. The number of carbonyl (C=O) groups is 1. The summed E-state index contributed by atoms with van der Waals surface area (Å²) in [6, 6.07) is 7.04. The summed E-state index contributed by atoms with van der Waals surface area (Å²) < 4.78 is 0. The van der Waals surface area contributed by atoms with Gasteiger partial charge in [0.25, 0.3) is 5.91 Å². The van der Waals surface area contributed by atoms with Gasteiger partial charge in [-0.25, -0.2) is 0 Å². The lowest BCUT2D eigenvalue weighted by Crippen LogP contribution is -2.32. The van der Waals surface area contributed by atoms with Crippen LogP contribution in [-0.4, -0.2) is 17.8 Å².